The number of thioether (sulfide) groups is 1. The van der Waals surface area contributed by atoms with Gasteiger partial charge in [0.25, 0.3) is 0 Å². The molecule has 0 aliphatic carbocycles. The summed E-state index contributed by atoms with van der Waals surface area (Å²) in [7, 11) is 0. The van der Waals surface area contributed by atoms with Crippen molar-refractivity contribution in [2.24, 2.45) is 0 Å². The summed E-state index contributed by atoms with van der Waals surface area (Å²) in [5, 5.41) is 1.94. The number of nitrogens with zero attached hydrogens (tertiary/aromatic N) is 2. The third kappa shape index (κ3) is 3.73. The number of imidazole rings is 1. The minimum atomic E-state index is -0.314. The van der Waals surface area contributed by atoms with Crippen LogP contribution in [-0.4, -0.2) is 15.2 Å². The second-order valence-corrected chi connectivity index (χ2v) is 10.2. The number of rotatable bonds is 4. The van der Waals surface area contributed by atoms with E-state index in [-0.39, 0.29) is 11.0 Å². The predicted octanol–water partition coefficient (Wildman–Crippen LogP) is 5.93. The third-order valence-electron chi connectivity index (χ3n) is 4.80. The Morgan fingerprint density at radius 1 is 1.32 bits per heavy atom. The van der Waals surface area contributed by atoms with Crippen molar-refractivity contribution in [3.8, 4) is 0 Å². The molecule has 2 aromatic heterocycles. The minimum absolute atomic E-state index is 0.0451. The van der Waals surface area contributed by atoms with Crippen LogP contribution in [0.3, 0.4) is 0 Å². The fourth-order valence-corrected chi connectivity index (χ4v) is 5.90. The number of hydrogen-bond acceptors (Lipinski definition) is 5. The van der Waals surface area contributed by atoms with Gasteiger partial charge in [-0.2, -0.15) is 0 Å². The summed E-state index contributed by atoms with van der Waals surface area (Å²) in [6.45, 7) is 7.35. The number of halogens is 2. The summed E-state index contributed by atoms with van der Waals surface area (Å²) >= 11 is 15.3. The molecule has 1 aromatic carbocycles. The van der Waals surface area contributed by atoms with Crippen molar-refractivity contribution >= 4 is 56.6 Å². The number of hydrogen-bond donors (Lipinski definition) is 0. The Morgan fingerprint density at radius 3 is 2.82 bits per heavy atom. The molecule has 0 atom stereocenters. The second-order valence-electron chi connectivity index (χ2n) is 7.39. The van der Waals surface area contributed by atoms with Gasteiger partial charge < -0.3 is 9.30 Å². The number of ether oxygens (including phenoxy) is 1. The highest BCUT2D eigenvalue weighted by atomic mass is 35.5. The smallest absolute Gasteiger partial charge is 0.211 e. The van der Waals surface area contributed by atoms with Crippen LogP contribution in [0.15, 0.2) is 28.2 Å². The zero-order valence-corrected chi connectivity index (χ0v) is 19.0. The largest absolute Gasteiger partial charge is 0.370 e. The van der Waals surface area contributed by atoms with E-state index in [0.717, 1.165) is 32.5 Å². The molecule has 4 rings (SSSR count). The van der Waals surface area contributed by atoms with Crippen molar-refractivity contribution in [3.63, 3.8) is 0 Å². The summed E-state index contributed by atoms with van der Waals surface area (Å²) in [6.07, 6.45) is 0.623. The maximum Gasteiger partial charge on any atom is 0.211 e. The minimum Gasteiger partial charge on any atom is -0.370 e. The van der Waals surface area contributed by atoms with Crippen LogP contribution >= 0.6 is 46.3 Å². The zero-order valence-electron chi connectivity index (χ0n) is 15.8. The van der Waals surface area contributed by atoms with E-state index in [9.17, 15) is 4.79 Å². The summed E-state index contributed by atoms with van der Waals surface area (Å²) in [4.78, 5) is 19.8. The fraction of sp³-hybridized carbons (Fsp3) is 0.400. The standard InChI is InChI=1S/C20H20Cl2N2O2S2/c1-4-24-18-16(17(25)12-8-20(2,3)26-9-15(12)28-18)23-19(24)27-10-11-5-6-13(21)14(22)7-11/h5-7H,4,8-10H2,1-3H3. The third-order valence-corrected chi connectivity index (χ3v) is 7.80. The van der Waals surface area contributed by atoms with Crippen LogP contribution in [0.1, 0.15) is 36.8 Å². The lowest BCUT2D eigenvalue weighted by atomic mass is 9.96. The van der Waals surface area contributed by atoms with Crippen LogP contribution in [0.25, 0.3) is 10.3 Å². The van der Waals surface area contributed by atoms with E-state index in [1.807, 2.05) is 26.0 Å². The van der Waals surface area contributed by atoms with Crippen molar-refractivity contribution < 1.29 is 4.74 Å². The molecule has 0 spiro atoms. The Labute approximate surface area is 181 Å². The lowest BCUT2D eigenvalue weighted by Gasteiger charge is -2.30. The van der Waals surface area contributed by atoms with Gasteiger partial charge in [-0.05, 0) is 38.5 Å². The van der Waals surface area contributed by atoms with Crippen LogP contribution < -0.4 is 5.43 Å². The molecule has 1 aliphatic heterocycles. The summed E-state index contributed by atoms with van der Waals surface area (Å²) in [6, 6.07) is 5.63. The van der Waals surface area contributed by atoms with Crippen LogP contribution in [0.4, 0.5) is 0 Å². The van der Waals surface area contributed by atoms with E-state index in [0.29, 0.717) is 34.3 Å². The quantitative estimate of drug-likeness (QED) is 0.458. The van der Waals surface area contributed by atoms with E-state index in [1.54, 1.807) is 29.2 Å². The van der Waals surface area contributed by atoms with E-state index in [2.05, 4.69) is 11.5 Å². The maximum atomic E-state index is 13.1. The van der Waals surface area contributed by atoms with Crippen molar-refractivity contribution in [2.75, 3.05) is 0 Å². The molecular formula is C20H20Cl2N2O2S2. The SMILES string of the molecule is CCn1c(SCc2ccc(Cl)c(Cl)c2)nc2c(=O)c3c(sc21)COC(C)(C)C3. The van der Waals surface area contributed by atoms with Gasteiger partial charge in [0.2, 0.25) is 5.43 Å². The van der Waals surface area contributed by atoms with E-state index in [4.69, 9.17) is 32.9 Å². The molecule has 0 fully saturated rings. The van der Waals surface area contributed by atoms with Crippen LogP contribution in [0.5, 0.6) is 0 Å². The van der Waals surface area contributed by atoms with Crippen molar-refractivity contribution in [1.82, 2.24) is 9.55 Å². The first kappa shape index (κ1) is 20.2. The van der Waals surface area contributed by atoms with Gasteiger partial charge in [0.1, 0.15) is 10.3 Å². The fourth-order valence-electron chi connectivity index (χ4n) is 3.32. The lowest BCUT2D eigenvalue weighted by molar-refractivity contribution is -0.0386. The molecule has 0 bridgehead atoms. The van der Waals surface area contributed by atoms with Gasteiger partial charge >= 0.3 is 0 Å². The van der Waals surface area contributed by atoms with Gasteiger partial charge in [-0.1, -0.05) is 41.0 Å². The van der Waals surface area contributed by atoms with Gasteiger partial charge in [-0.3, -0.25) is 4.79 Å². The molecule has 0 amide bonds. The van der Waals surface area contributed by atoms with Gasteiger partial charge in [-0.25, -0.2) is 4.98 Å². The number of aryl methyl sites for hydroxylation is 1. The van der Waals surface area contributed by atoms with Gasteiger partial charge in [0, 0.05) is 29.2 Å². The topological polar surface area (TPSA) is 44.1 Å². The molecular weight excluding hydrogens is 435 g/mol. The van der Waals surface area contributed by atoms with E-state index >= 15 is 0 Å². The first-order valence-corrected chi connectivity index (χ1v) is 11.6. The number of benzene rings is 1. The Bertz CT molecular complexity index is 1120. The summed E-state index contributed by atoms with van der Waals surface area (Å²) in [5.74, 6) is 0.703. The van der Waals surface area contributed by atoms with Crippen molar-refractivity contribution in [3.05, 3.63) is 54.5 Å². The molecule has 0 saturated carbocycles. The summed E-state index contributed by atoms with van der Waals surface area (Å²) < 4.78 is 8.03. The van der Waals surface area contributed by atoms with E-state index < -0.39 is 0 Å². The average molecular weight is 455 g/mol. The molecule has 28 heavy (non-hydrogen) atoms. The average Bonchev–Trinajstić information content (AvgIpc) is 3.01. The van der Waals surface area contributed by atoms with Crippen molar-refractivity contribution in [2.45, 2.75) is 56.9 Å². The second kappa shape index (κ2) is 7.65. The molecule has 3 aromatic rings. The monoisotopic (exact) mass is 454 g/mol. The highest BCUT2D eigenvalue weighted by Gasteiger charge is 2.30. The lowest BCUT2D eigenvalue weighted by Crippen LogP contribution is -2.34. The molecule has 4 nitrogen and oxygen atoms in total. The molecule has 0 saturated heterocycles. The first-order valence-electron chi connectivity index (χ1n) is 9.05. The van der Waals surface area contributed by atoms with Crippen LogP contribution in [0, 0.1) is 0 Å². The van der Waals surface area contributed by atoms with Crippen LogP contribution in [0.2, 0.25) is 10.0 Å². The molecule has 1 aliphatic rings. The molecule has 8 heteroatoms. The molecule has 0 unspecified atom stereocenters. The highest BCUT2D eigenvalue weighted by Crippen LogP contribution is 2.34. The Balaban J connectivity index is 1.72. The van der Waals surface area contributed by atoms with Gasteiger partial charge in [0.15, 0.2) is 5.16 Å². The maximum absolute atomic E-state index is 13.1. The molecule has 0 N–H and O–H groups in total. The Kier molecular flexibility index (Phi) is 5.53. The molecule has 148 valence electrons. The number of fused-ring (bicyclic) bond motifs is 2. The Morgan fingerprint density at radius 2 is 2.11 bits per heavy atom. The van der Waals surface area contributed by atoms with Crippen LogP contribution in [-0.2, 0) is 30.1 Å². The van der Waals surface area contributed by atoms with Gasteiger partial charge in [-0.15, -0.1) is 11.3 Å². The molecule has 3 heterocycles. The first-order chi connectivity index (χ1) is 13.3. The normalized spacial score (nSPS) is 15.8. The van der Waals surface area contributed by atoms with Crippen molar-refractivity contribution in [1.29, 1.82) is 0 Å². The number of aromatic nitrogens is 2. The molecule has 0 radical (unpaired) electrons. The van der Waals surface area contributed by atoms with E-state index in [1.165, 1.54) is 0 Å². The highest BCUT2D eigenvalue weighted by molar-refractivity contribution is 7.98. The predicted molar refractivity (Wildman–Crippen MR) is 118 cm³/mol. The summed E-state index contributed by atoms with van der Waals surface area (Å²) in [5.41, 5.74) is 2.22. The van der Waals surface area contributed by atoms with Gasteiger partial charge in [0.05, 0.1) is 22.3 Å². The zero-order chi connectivity index (χ0) is 20.1. The Hall–Kier alpha value is -1.05.